The van der Waals surface area contributed by atoms with Crippen LogP contribution in [0, 0.1) is 27.7 Å². The lowest BCUT2D eigenvalue weighted by atomic mass is 9.87. The van der Waals surface area contributed by atoms with Gasteiger partial charge in [0.2, 0.25) is 0 Å². The average molecular weight is 707 g/mol. The topological polar surface area (TPSA) is 6.48 Å². The lowest BCUT2D eigenvalue weighted by Crippen LogP contribution is -2.15. The van der Waals surface area contributed by atoms with E-state index in [1.807, 2.05) is 0 Å². The molecule has 2 nitrogen and oxygen atoms in total. The predicted octanol–water partition coefficient (Wildman–Crippen LogP) is 15.3. The molecule has 0 spiro atoms. The number of anilines is 6. The van der Waals surface area contributed by atoms with Gasteiger partial charge in [-0.3, -0.25) is 0 Å². The summed E-state index contributed by atoms with van der Waals surface area (Å²) in [6.45, 7) is 22.5. The highest BCUT2D eigenvalue weighted by Crippen LogP contribution is 2.46. The normalized spacial score (nSPS) is 11.9. The van der Waals surface area contributed by atoms with E-state index in [0.717, 1.165) is 34.1 Å². The maximum atomic E-state index is 2.45. The van der Waals surface area contributed by atoms with Gasteiger partial charge in [0, 0.05) is 33.8 Å². The first-order valence-corrected chi connectivity index (χ1v) is 19.3. The molecule has 0 aliphatic rings. The van der Waals surface area contributed by atoms with E-state index in [0.29, 0.717) is 0 Å². The summed E-state index contributed by atoms with van der Waals surface area (Å²) in [5.74, 6) is 0. The first-order chi connectivity index (χ1) is 25.7. The first-order valence-electron chi connectivity index (χ1n) is 19.3. The minimum atomic E-state index is 0.0550. The van der Waals surface area contributed by atoms with Crippen molar-refractivity contribution >= 4 is 44.9 Å². The third-order valence-corrected chi connectivity index (χ3v) is 11.0. The van der Waals surface area contributed by atoms with Crippen molar-refractivity contribution < 1.29 is 0 Å². The summed E-state index contributed by atoms with van der Waals surface area (Å²) in [6, 6.07) is 54.4. The standard InChI is InChI=1S/C52H54N2/c1-35-16-23-46(30-37(35)3)53(44-25-19-42(20-26-44)51(5,6)7)48-33-41-32-40(39-14-12-11-13-15-39)18-29-49(41)50(34-48)54(47-24-17-36(2)38(4)31-47)45-27-21-43(22-28-45)52(8,9)10/h11-34H,1-10H3. The third-order valence-electron chi connectivity index (χ3n) is 11.0. The highest BCUT2D eigenvalue weighted by Gasteiger charge is 2.23. The molecule has 0 heterocycles. The number of hydrogen-bond acceptors (Lipinski definition) is 2. The van der Waals surface area contributed by atoms with Gasteiger partial charge in [-0.05, 0) is 155 Å². The maximum absolute atomic E-state index is 2.45. The van der Waals surface area contributed by atoms with Crippen molar-refractivity contribution in [3.63, 3.8) is 0 Å². The van der Waals surface area contributed by atoms with Crippen molar-refractivity contribution in [1.29, 1.82) is 0 Å². The van der Waals surface area contributed by atoms with Crippen LogP contribution in [-0.2, 0) is 10.8 Å². The molecular formula is C52H54N2. The van der Waals surface area contributed by atoms with E-state index in [-0.39, 0.29) is 10.8 Å². The van der Waals surface area contributed by atoms with E-state index in [9.17, 15) is 0 Å². The van der Waals surface area contributed by atoms with Crippen LogP contribution in [0.2, 0.25) is 0 Å². The van der Waals surface area contributed by atoms with E-state index in [2.05, 4.69) is 225 Å². The zero-order chi connectivity index (χ0) is 38.4. The molecular weight excluding hydrogens is 653 g/mol. The third kappa shape index (κ3) is 7.44. The fraction of sp³-hybridized carbons (Fsp3) is 0.231. The molecule has 0 aliphatic carbocycles. The van der Waals surface area contributed by atoms with Crippen LogP contribution in [0.3, 0.4) is 0 Å². The van der Waals surface area contributed by atoms with Gasteiger partial charge in [-0.1, -0.05) is 120 Å². The SMILES string of the molecule is Cc1ccc(N(c2ccc(C(C)(C)C)cc2)c2cc(N(c3ccc(C(C)(C)C)cc3)c3ccc(C)c(C)c3)c3ccc(-c4ccccc4)cc3c2)cc1C. The second-order valence-electron chi connectivity index (χ2n) is 17.1. The summed E-state index contributed by atoms with van der Waals surface area (Å²) in [5, 5.41) is 2.38. The van der Waals surface area contributed by atoms with E-state index in [4.69, 9.17) is 0 Å². The fourth-order valence-corrected chi connectivity index (χ4v) is 7.28. The molecule has 272 valence electrons. The predicted molar refractivity (Wildman–Crippen MR) is 235 cm³/mol. The Morgan fingerprint density at radius 2 is 0.833 bits per heavy atom. The fourth-order valence-electron chi connectivity index (χ4n) is 7.28. The van der Waals surface area contributed by atoms with Crippen molar-refractivity contribution in [3.8, 4) is 11.1 Å². The Morgan fingerprint density at radius 1 is 0.352 bits per heavy atom. The van der Waals surface area contributed by atoms with Gasteiger partial charge in [0.25, 0.3) is 0 Å². The summed E-state index contributed by atoms with van der Waals surface area (Å²) in [6.07, 6.45) is 0. The molecule has 0 amide bonds. The number of benzene rings is 7. The molecule has 0 aromatic heterocycles. The van der Waals surface area contributed by atoms with E-state index in [1.165, 1.54) is 55.3 Å². The van der Waals surface area contributed by atoms with Gasteiger partial charge in [-0.15, -0.1) is 0 Å². The second kappa shape index (κ2) is 14.3. The van der Waals surface area contributed by atoms with Gasteiger partial charge in [0.1, 0.15) is 0 Å². The summed E-state index contributed by atoms with van der Waals surface area (Å²) in [7, 11) is 0. The van der Waals surface area contributed by atoms with Gasteiger partial charge >= 0.3 is 0 Å². The van der Waals surface area contributed by atoms with Gasteiger partial charge in [0.15, 0.2) is 0 Å². The molecule has 0 saturated carbocycles. The molecule has 0 saturated heterocycles. The monoisotopic (exact) mass is 706 g/mol. The number of hydrogen-bond donors (Lipinski definition) is 0. The largest absolute Gasteiger partial charge is 0.310 e. The Balaban J connectivity index is 1.54. The number of fused-ring (bicyclic) bond motifs is 1. The van der Waals surface area contributed by atoms with Crippen LogP contribution in [0.1, 0.15) is 74.9 Å². The van der Waals surface area contributed by atoms with E-state index >= 15 is 0 Å². The molecule has 2 heteroatoms. The Morgan fingerprint density at radius 3 is 1.33 bits per heavy atom. The number of aryl methyl sites for hydroxylation is 4. The van der Waals surface area contributed by atoms with Crippen LogP contribution < -0.4 is 9.80 Å². The number of nitrogens with zero attached hydrogens (tertiary/aromatic N) is 2. The van der Waals surface area contributed by atoms with Crippen molar-refractivity contribution in [2.75, 3.05) is 9.80 Å². The highest BCUT2D eigenvalue weighted by molar-refractivity contribution is 6.04. The van der Waals surface area contributed by atoms with Crippen LogP contribution in [0.15, 0.2) is 146 Å². The molecule has 7 aromatic rings. The average Bonchev–Trinajstić information content (AvgIpc) is 3.14. The molecule has 0 radical (unpaired) electrons. The Hall–Kier alpha value is -5.60. The zero-order valence-electron chi connectivity index (χ0n) is 33.8. The molecule has 0 fully saturated rings. The maximum Gasteiger partial charge on any atom is 0.0560 e. The van der Waals surface area contributed by atoms with Gasteiger partial charge in [-0.25, -0.2) is 0 Å². The second-order valence-corrected chi connectivity index (χ2v) is 17.1. The van der Waals surface area contributed by atoms with Crippen molar-refractivity contribution in [2.45, 2.75) is 80.1 Å². The minimum absolute atomic E-state index is 0.0550. The zero-order valence-corrected chi connectivity index (χ0v) is 33.8. The van der Waals surface area contributed by atoms with E-state index in [1.54, 1.807) is 0 Å². The molecule has 0 bridgehead atoms. The minimum Gasteiger partial charge on any atom is -0.310 e. The lowest BCUT2D eigenvalue weighted by molar-refractivity contribution is 0.590. The highest BCUT2D eigenvalue weighted by atomic mass is 15.2. The van der Waals surface area contributed by atoms with Gasteiger partial charge in [0.05, 0.1) is 5.69 Å². The molecule has 0 atom stereocenters. The van der Waals surface area contributed by atoms with Crippen molar-refractivity contribution in [1.82, 2.24) is 0 Å². The van der Waals surface area contributed by atoms with Gasteiger partial charge < -0.3 is 9.80 Å². The molecule has 0 unspecified atom stereocenters. The summed E-state index contributed by atoms with van der Waals surface area (Å²) >= 11 is 0. The molecule has 54 heavy (non-hydrogen) atoms. The first kappa shape index (κ1) is 36.7. The van der Waals surface area contributed by atoms with Gasteiger partial charge in [-0.2, -0.15) is 0 Å². The van der Waals surface area contributed by atoms with Crippen LogP contribution in [0.4, 0.5) is 34.1 Å². The Labute approximate surface area is 323 Å². The van der Waals surface area contributed by atoms with Crippen LogP contribution in [0.25, 0.3) is 21.9 Å². The Bertz CT molecular complexity index is 2420. The molecule has 0 N–H and O–H groups in total. The Kier molecular flexibility index (Phi) is 9.75. The smallest absolute Gasteiger partial charge is 0.0560 e. The molecule has 7 rings (SSSR count). The summed E-state index contributed by atoms with van der Waals surface area (Å²) in [5.41, 5.74) is 17.0. The summed E-state index contributed by atoms with van der Waals surface area (Å²) in [4.78, 5) is 4.88. The van der Waals surface area contributed by atoms with E-state index < -0.39 is 0 Å². The molecule has 7 aromatic carbocycles. The van der Waals surface area contributed by atoms with Crippen molar-refractivity contribution in [2.24, 2.45) is 0 Å². The summed E-state index contributed by atoms with van der Waals surface area (Å²) < 4.78 is 0. The van der Waals surface area contributed by atoms with Crippen molar-refractivity contribution in [3.05, 3.63) is 179 Å². The lowest BCUT2D eigenvalue weighted by Gasteiger charge is -2.32. The van der Waals surface area contributed by atoms with Crippen LogP contribution >= 0.6 is 0 Å². The number of rotatable bonds is 7. The molecule has 0 aliphatic heterocycles. The van der Waals surface area contributed by atoms with Crippen LogP contribution in [-0.4, -0.2) is 0 Å². The van der Waals surface area contributed by atoms with Crippen LogP contribution in [0.5, 0.6) is 0 Å². The quantitative estimate of drug-likeness (QED) is 0.163.